The Bertz CT molecular complexity index is 1260. The number of ether oxygens (including phenoxy) is 1. The van der Waals surface area contributed by atoms with Crippen LogP contribution in [0.5, 0.6) is 0 Å². The van der Waals surface area contributed by atoms with Crippen LogP contribution in [0.3, 0.4) is 0 Å². The monoisotopic (exact) mass is 1100 g/mol. The number of allylic oxidation sites excluding steroid dienone is 5. The van der Waals surface area contributed by atoms with E-state index in [0.29, 0.717) is 19.4 Å². The van der Waals surface area contributed by atoms with Crippen molar-refractivity contribution < 1.29 is 24.5 Å². The molecule has 2 atom stereocenters. The molecule has 0 saturated carbocycles. The van der Waals surface area contributed by atoms with Gasteiger partial charge in [0.05, 0.1) is 25.4 Å². The van der Waals surface area contributed by atoms with Gasteiger partial charge in [0.2, 0.25) is 5.91 Å². The van der Waals surface area contributed by atoms with Crippen LogP contribution in [0.25, 0.3) is 0 Å². The third-order valence-corrected chi connectivity index (χ3v) is 16.4. The zero-order chi connectivity index (χ0) is 56.4. The molecular formula is C72H137NO5. The zero-order valence-corrected chi connectivity index (χ0v) is 52.7. The van der Waals surface area contributed by atoms with E-state index >= 15 is 0 Å². The fraction of sp³-hybridized carbons (Fsp3) is 0.889. The number of nitrogens with one attached hydrogen (secondary N) is 1. The molecule has 0 radical (unpaired) electrons. The number of carbonyl (C=O) groups excluding carboxylic acids is 2. The summed E-state index contributed by atoms with van der Waals surface area (Å²) in [5.41, 5.74) is 0. The van der Waals surface area contributed by atoms with Crippen molar-refractivity contribution >= 4 is 11.9 Å². The average Bonchev–Trinajstić information content (AvgIpc) is 3.44. The highest BCUT2D eigenvalue weighted by Gasteiger charge is 2.18. The van der Waals surface area contributed by atoms with Crippen molar-refractivity contribution in [2.24, 2.45) is 0 Å². The zero-order valence-electron chi connectivity index (χ0n) is 52.7. The van der Waals surface area contributed by atoms with Crippen molar-refractivity contribution in [2.45, 2.75) is 398 Å². The van der Waals surface area contributed by atoms with E-state index in [1.54, 1.807) is 6.08 Å². The smallest absolute Gasteiger partial charge is 0.305 e. The first kappa shape index (κ1) is 76.1. The summed E-state index contributed by atoms with van der Waals surface area (Å²) in [6.45, 7) is 4.93. The first-order valence-electron chi connectivity index (χ1n) is 35.3. The van der Waals surface area contributed by atoms with Gasteiger partial charge in [0.15, 0.2) is 0 Å². The lowest BCUT2D eigenvalue weighted by Gasteiger charge is -2.20. The van der Waals surface area contributed by atoms with Gasteiger partial charge in [0.1, 0.15) is 0 Å². The lowest BCUT2D eigenvalue weighted by Crippen LogP contribution is -2.45. The van der Waals surface area contributed by atoms with Gasteiger partial charge in [-0.1, -0.05) is 326 Å². The van der Waals surface area contributed by atoms with E-state index in [1.165, 1.54) is 315 Å². The van der Waals surface area contributed by atoms with Crippen LogP contribution < -0.4 is 5.32 Å². The van der Waals surface area contributed by atoms with Crippen LogP contribution in [0.2, 0.25) is 0 Å². The van der Waals surface area contributed by atoms with Gasteiger partial charge in [-0.15, -0.1) is 0 Å². The second-order valence-electron chi connectivity index (χ2n) is 24.2. The molecule has 0 aromatic heterocycles. The minimum atomic E-state index is -0.848. The standard InChI is InChI=1S/C72H137NO5/c1-3-5-7-9-11-13-15-17-19-21-22-30-33-36-40-44-48-52-56-60-64-70(75)69(68-74)73-71(76)65-61-57-53-49-45-41-37-34-31-28-26-24-23-25-27-29-32-35-39-43-47-51-55-59-63-67-78-72(77)66-62-58-54-50-46-42-38-20-18-16-14-12-10-8-6-4-2/h20,24,26,38,60,64,69-70,74-75H,3-19,21-23,25,27-37,39-59,61-63,65-68H2,1-2H3,(H,73,76)/b26-24-,38-20-,64-60+. The van der Waals surface area contributed by atoms with Crippen LogP contribution in [0.15, 0.2) is 36.5 Å². The van der Waals surface area contributed by atoms with Gasteiger partial charge in [-0.05, 0) is 83.5 Å². The number of esters is 1. The van der Waals surface area contributed by atoms with Crippen LogP contribution in [0.1, 0.15) is 386 Å². The Morgan fingerprint density at radius 3 is 0.910 bits per heavy atom. The minimum Gasteiger partial charge on any atom is -0.466 e. The van der Waals surface area contributed by atoms with Gasteiger partial charge in [-0.3, -0.25) is 9.59 Å². The van der Waals surface area contributed by atoms with Crippen molar-refractivity contribution in [2.75, 3.05) is 13.2 Å². The number of aliphatic hydroxyl groups excluding tert-OH is 2. The predicted molar refractivity (Wildman–Crippen MR) is 343 cm³/mol. The number of hydrogen-bond donors (Lipinski definition) is 3. The first-order chi connectivity index (χ1) is 38.5. The number of hydrogen-bond acceptors (Lipinski definition) is 5. The third kappa shape index (κ3) is 63.3. The Morgan fingerprint density at radius 2 is 0.603 bits per heavy atom. The second-order valence-corrected chi connectivity index (χ2v) is 24.2. The van der Waals surface area contributed by atoms with Gasteiger partial charge in [-0.25, -0.2) is 0 Å². The van der Waals surface area contributed by atoms with Gasteiger partial charge in [-0.2, -0.15) is 0 Å². The molecule has 0 spiro atoms. The number of rotatable bonds is 66. The normalized spacial score (nSPS) is 12.7. The Morgan fingerprint density at radius 1 is 0.346 bits per heavy atom. The maximum atomic E-state index is 12.5. The summed E-state index contributed by atoms with van der Waals surface area (Å²) in [6.07, 6.45) is 86.4. The van der Waals surface area contributed by atoms with E-state index in [1.807, 2.05) is 6.08 Å². The van der Waals surface area contributed by atoms with E-state index in [-0.39, 0.29) is 18.5 Å². The Hall–Kier alpha value is -1.92. The average molecular weight is 1100 g/mol. The number of carbonyl (C=O) groups is 2. The van der Waals surface area contributed by atoms with Gasteiger partial charge in [0.25, 0.3) is 0 Å². The molecule has 0 aliphatic rings. The fourth-order valence-electron chi connectivity index (χ4n) is 11.0. The molecule has 1 amide bonds. The van der Waals surface area contributed by atoms with Crippen LogP contribution in [0, 0.1) is 0 Å². The van der Waals surface area contributed by atoms with Crippen molar-refractivity contribution in [3.8, 4) is 0 Å². The van der Waals surface area contributed by atoms with E-state index in [9.17, 15) is 19.8 Å². The molecule has 0 aliphatic heterocycles. The molecule has 2 unspecified atom stereocenters. The van der Waals surface area contributed by atoms with Crippen LogP contribution >= 0.6 is 0 Å². The lowest BCUT2D eigenvalue weighted by molar-refractivity contribution is -0.143. The van der Waals surface area contributed by atoms with Crippen molar-refractivity contribution in [3.63, 3.8) is 0 Å². The molecule has 0 rings (SSSR count). The molecule has 0 bridgehead atoms. The largest absolute Gasteiger partial charge is 0.466 e. The Labute approximate surface area is 487 Å². The summed E-state index contributed by atoms with van der Waals surface area (Å²) in [6, 6.07) is -0.631. The van der Waals surface area contributed by atoms with Crippen molar-refractivity contribution in [1.29, 1.82) is 0 Å². The van der Waals surface area contributed by atoms with E-state index in [2.05, 4.69) is 43.5 Å². The third-order valence-electron chi connectivity index (χ3n) is 16.4. The molecule has 0 aromatic carbocycles. The Kier molecular flexibility index (Phi) is 65.9. The Balaban J connectivity index is 3.42. The molecule has 0 fully saturated rings. The van der Waals surface area contributed by atoms with Crippen LogP contribution in [-0.2, 0) is 14.3 Å². The molecule has 0 aromatic rings. The molecule has 0 saturated heterocycles. The topological polar surface area (TPSA) is 95.9 Å². The van der Waals surface area contributed by atoms with Crippen LogP contribution in [-0.4, -0.2) is 47.4 Å². The van der Waals surface area contributed by atoms with E-state index < -0.39 is 12.1 Å². The molecule has 3 N–H and O–H groups in total. The molecule has 78 heavy (non-hydrogen) atoms. The minimum absolute atomic E-state index is 0.00612. The summed E-state index contributed by atoms with van der Waals surface area (Å²) in [5.74, 6) is -0.0617. The van der Waals surface area contributed by atoms with Gasteiger partial charge < -0.3 is 20.3 Å². The SMILES string of the molecule is CCCCCCCCC/C=C\CCCCCCCC(=O)OCCCCCCCCCCCCCC/C=C\CCCCCCCCCCCC(=O)NC(CO)C(O)/C=C/CCCCCCCCCCCCCCCCCCCC. The summed E-state index contributed by atoms with van der Waals surface area (Å²) in [7, 11) is 0. The highest BCUT2D eigenvalue weighted by Crippen LogP contribution is 2.18. The predicted octanol–water partition coefficient (Wildman–Crippen LogP) is 22.7. The maximum absolute atomic E-state index is 12.5. The summed E-state index contributed by atoms with van der Waals surface area (Å²) in [5, 5.41) is 23.2. The molecule has 0 heterocycles. The molecule has 6 nitrogen and oxygen atoms in total. The fourth-order valence-corrected chi connectivity index (χ4v) is 11.0. The van der Waals surface area contributed by atoms with Crippen molar-refractivity contribution in [1.82, 2.24) is 5.32 Å². The second kappa shape index (κ2) is 67.6. The molecule has 0 aliphatic carbocycles. The summed E-state index contributed by atoms with van der Waals surface area (Å²) in [4.78, 5) is 24.6. The number of aliphatic hydroxyl groups is 2. The highest BCUT2D eigenvalue weighted by molar-refractivity contribution is 5.76. The van der Waals surface area contributed by atoms with E-state index in [4.69, 9.17) is 4.74 Å². The lowest BCUT2D eigenvalue weighted by atomic mass is 10.0. The van der Waals surface area contributed by atoms with Gasteiger partial charge in [0, 0.05) is 12.8 Å². The summed E-state index contributed by atoms with van der Waals surface area (Å²) < 4.78 is 5.49. The molecular weight excluding hydrogens is 959 g/mol. The number of unbranched alkanes of at least 4 members (excludes halogenated alkanes) is 51. The molecule has 460 valence electrons. The quantitative estimate of drug-likeness (QED) is 0.0320. The molecule has 6 heteroatoms. The van der Waals surface area contributed by atoms with Gasteiger partial charge >= 0.3 is 5.97 Å². The number of amides is 1. The van der Waals surface area contributed by atoms with Crippen LogP contribution in [0.4, 0.5) is 0 Å². The van der Waals surface area contributed by atoms with Crippen molar-refractivity contribution in [3.05, 3.63) is 36.5 Å². The first-order valence-corrected chi connectivity index (χ1v) is 35.3. The summed E-state index contributed by atoms with van der Waals surface area (Å²) >= 11 is 0. The maximum Gasteiger partial charge on any atom is 0.305 e. The van der Waals surface area contributed by atoms with E-state index in [0.717, 1.165) is 44.9 Å². The highest BCUT2D eigenvalue weighted by atomic mass is 16.5.